The topological polar surface area (TPSA) is 80.2 Å². The summed E-state index contributed by atoms with van der Waals surface area (Å²) in [4.78, 5) is 27.3. The van der Waals surface area contributed by atoms with Crippen LogP contribution in [-0.2, 0) is 11.2 Å². The lowest BCUT2D eigenvalue weighted by Crippen LogP contribution is -2.41. The van der Waals surface area contributed by atoms with E-state index in [1.54, 1.807) is 30.8 Å². The van der Waals surface area contributed by atoms with Crippen LogP contribution in [0.5, 0.6) is 5.88 Å². The maximum absolute atomic E-state index is 12.1. The van der Waals surface area contributed by atoms with Crippen molar-refractivity contribution in [1.82, 2.24) is 20.3 Å². The Morgan fingerprint density at radius 1 is 1.44 bits per heavy atom. The molecule has 1 atom stereocenters. The minimum Gasteiger partial charge on any atom is -0.478 e. The lowest BCUT2D eigenvalue weighted by atomic mass is 9.98. The molecule has 8 heteroatoms. The molecule has 2 aromatic heterocycles. The predicted molar refractivity (Wildman–Crippen MR) is 97.1 cm³/mol. The number of hydrogen-bond donors (Lipinski definition) is 1. The molecule has 1 aliphatic rings. The van der Waals surface area contributed by atoms with E-state index in [1.165, 1.54) is 0 Å². The van der Waals surface area contributed by atoms with Gasteiger partial charge in [0, 0.05) is 37.4 Å². The smallest absolute Gasteiger partial charge is 0.257 e. The summed E-state index contributed by atoms with van der Waals surface area (Å²) in [5, 5.41) is 5.97. The van der Waals surface area contributed by atoms with Crippen molar-refractivity contribution < 1.29 is 9.53 Å². The second-order valence-electron chi connectivity index (χ2n) is 6.18. The molecule has 1 saturated heterocycles. The summed E-state index contributed by atoms with van der Waals surface area (Å²) in [6.07, 6.45) is 5.81. The third-order valence-corrected chi connectivity index (χ3v) is 5.08. The zero-order valence-corrected chi connectivity index (χ0v) is 15.4. The lowest BCUT2D eigenvalue weighted by Gasteiger charge is -2.33. The number of nitrogens with zero attached hydrogens (tertiary/aromatic N) is 4. The Balaban J connectivity index is 1.52. The average Bonchev–Trinajstić information content (AvgIpc) is 3.05. The average molecular weight is 361 g/mol. The first-order chi connectivity index (χ1) is 12.2. The molecule has 1 aliphatic heterocycles. The number of piperidine rings is 1. The first kappa shape index (κ1) is 17.6. The highest BCUT2D eigenvalue weighted by Gasteiger charge is 2.24. The summed E-state index contributed by atoms with van der Waals surface area (Å²) in [5.41, 5.74) is 0.842. The van der Waals surface area contributed by atoms with E-state index in [0.29, 0.717) is 24.8 Å². The SMILES string of the molecule is COc1nccnc1N1CCCC(CNC(=O)Cc2csc(C)n2)C1. The molecular weight excluding hydrogens is 338 g/mol. The summed E-state index contributed by atoms with van der Waals surface area (Å²) in [7, 11) is 1.61. The third kappa shape index (κ3) is 4.66. The molecule has 7 nitrogen and oxygen atoms in total. The van der Waals surface area contributed by atoms with Crippen molar-refractivity contribution in [3.05, 3.63) is 28.5 Å². The maximum Gasteiger partial charge on any atom is 0.257 e. The van der Waals surface area contributed by atoms with E-state index in [2.05, 4.69) is 25.2 Å². The minimum absolute atomic E-state index is 0.0273. The number of nitrogens with one attached hydrogen (secondary N) is 1. The Bertz CT molecular complexity index is 721. The molecule has 0 aliphatic carbocycles. The van der Waals surface area contributed by atoms with Gasteiger partial charge in [-0.1, -0.05) is 0 Å². The van der Waals surface area contributed by atoms with E-state index in [9.17, 15) is 4.79 Å². The molecule has 0 radical (unpaired) electrons. The van der Waals surface area contributed by atoms with E-state index < -0.39 is 0 Å². The van der Waals surface area contributed by atoms with Gasteiger partial charge in [-0.15, -0.1) is 11.3 Å². The molecule has 0 spiro atoms. The van der Waals surface area contributed by atoms with Crippen LogP contribution in [0.3, 0.4) is 0 Å². The molecule has 3 heterocycles. The Hall–Kier alpha value is -2.22. The normalized spacial score (nSPS) is 17.4. The van der Waals surface area contributed by atoms with Gasteiger partial charge in [0.2, 0.25) is 5.91 Å². The van der Waals surface area contributed by atoms with E-state index in [4.69, 9.17) is 4.74 Å². The lowest BCUT2D eigenvalue weighted by molar-refractivity contribution is -0.120. The van der Waals surface area contributed by atoms with Crippen LogP contribution in [0.15, 0.2) is 17.8 Å². The molecule has 2 aromatic rings. The number of rotatable bonds is 6. The largest absolute Gasteiger partial charge is 0.478 e. The molecule has 1 unspecified atom stereocenters. The number of ether oxygens (including phenoxy) is 1. The summed E-state index contributed by atoms with van der Waals surface area (Å²) in [5.74, 6) is 1.74. The van der Waals surface area contributed by atoms with Crippen molar-refractivity contribution in [2.24, 2.45) is 5.92 Å². The number of aromatic nitrogens is 3. The highest BCUT2D eigenvalue weighted by Crippen LogP contribution is 2.27. The van der Waals surface area contributed by atoms with Crippen LogP contribution in [0.2, 0.25) is 0 Å². The van der Waals surface area contributed by atoms with Crippen LogP contribution in [-0.4, -0.2) is 47.6 Å². The van der Waals surface area contributed by atoms with E-state index in [0.717, 1.165) is 42.5 Å². The highest BCUT2D eigenvalue weighted by molar-refractivity contribution is 7.09. The fraction of sp³-hybridized carbons (Fsp3) is 0.529. The fourth-order valence-corrected chi connectivity index (χ4v) is 3.69. The molecule has 3 rings (SSSR count). The molecule has 0 aromatic carbocycles. The molecule has 25 heavy (non-hydrogen) atoms. The van der Waals surface area contributed by atoms with Gasteiger partial charge in [0.25, 0.3) is 5.88 Å². The second-order valence-corrected chi connectivity index (χ2v) is 7.24. The van der Waals surface area contributed by atoms with Crippen molar-refractivity contribution in [3.63, 3.8) is 0 Å². The van der Waals surface area contributed by atoms with Gasteiger partial charge in [0.05, 0.1) is 24.2 Å². The first-order valence-electron chi connectivity index (χ1n) is 8.43. The molecule has 1 N–H and O–H groups in total. The van der Waals surface area contributed by atoms with Gasteiger partial charge in [-0.2, -0.15) is 0 Å². The van der Waals surface area contributed by atoms with Crippen LogP contribution >= 0.6 is 11.3 Å². The summed E-state index contributed by atoms with van der Waals surface area (Å²) < 4.78 is 5.31. The monoisotopic (exact) mass is 361 g/mol. The Labute approximate surface area is 151 Å². The standard InChI is InChI=1S/C17H23N5O2S/c1-12-21-14(11-25-12)8-15(23)20-9-13-4-3-7-22(10-13)16-17(24-2)19-6-5-18-16/h5-6,11,13H,3-4,7-10H2,1-2H3,(H,20,23). The van der Waals surface area contributed by atoms with Gasteiger partial charge < -0.3 is 15.0 Å². The fourth-order valence-electron chi connectivity index (χ4n) is 3.08. The van der Waals surface area contributed by atoms with Gasteiger partial charge in [-0.05, 0) is 25.7 Å². The molecule has 1 amide bonds. The number of carbonyl (C=O) groups excluding carboxylic acids is 1. The van der Waals surface area contributed by atoms with Gasteiger partial charge in [-0.25, -0.2) is 15.0 Å². The van der Waals surface area contributed by atoms with Crippen molar-refractivity contribution in [2.75, 3.05) is 31.6 Å². The number of amides is 1. The number of carbonyl (C=O) groups is 1. The van der Waals surface area contributed by atoms with Crippen molar-refractivity contribution in [1.29, 1.82) is 0 Å². The van der Waals surface area contributed by atoms with Crippen LogP contribution in [0, 0.1) is 12.8 Å². The molecule has 0 bridgehead atoms. The Morgan fingerprint density at radius 3 is 3.04 bits per heavy atom. The first-order valence-corrected chi connectivity index (χ1v) is 9.31. The molecular formula is C17H23N5O2S. The number of hydrogen-bond acceptors (Lipinski definition) is 7. The van der Waals surface area contributed by atoms with Gasteiger partial charge in [-0.3, -0.25) is 4.79 Å². The maximum atomic E-state index is 12.1. The van der Waals surface area contributed by atoms with E-state index >= 15 is 0 Å². The Kier molecular flexibility index (Phi) is 5.80. The van der Waals surface area contributed by atoms with E-state index in [1.807, 2.05) is 12.3 Å². The highest BCUT2D eigenvalue weighted by atomic mass is 32.1. The van der Waals surface area contributed by atoms with Crippen molar-refractivity contribution >= 4 is 23.1 Å². The number of anilines is 1. The van der Waals surface area contributed by atoms with Crippen molar-refractivity contribution in [3.8, 4) is 5.88 Å². The number of thiazole rings is 1. The molecule has 134 valence electrons. The van der Waals surface area contributed by atoms with Crippen LogP contribution in [0.1, 0.15) is 23.5 Å². The third-order valence-electron chi connectivity index (χ3n) is 4.25. The summed E-state index contributed by atoms with van der Waals surface area (Å²) in [6, 6.07) is 0. The number of aryl methyl sites for hydroxylation is 1. The van der Waals surface area contributed by atoms with Gasteiger partial charge in [0.15, 0.2) is 5.82 Å². The minimum atomic E-state index is 0.0273. The molecule has 1 fully saturated rings. The van der Waals surface area contributed by atoms with Crippen LogP contribution in [0.25, 0.3) is 0 Å². The summed E-state index contributed by atoms with van der Waals surface area (Å²) >= 11 is 1.57. The Morgan fingerprint density at radius 2 is 2.28 bits per heavy atom. The van der Waals surface area contributed by atoms with Crippen LogP contribution < -0.4 is 15.0 Å². The predicted octanol–water partition coefficient (Wildman–Crippen LogP) is 1.83. The van der Waals surface area contributed by atoms with Crippen molar-refractivity contribution in [2.45, 2.75) is 26.2 Å². The van der Waals surface area contributed by atoms with Crippen LogP contribution in [0.4, 0.5) is 5.82 Å². The zero-order chi connectivity index (χ0) is 17.6. The zero-order valence-electron chi connectivity index (χ0n) is 14.6. The van der Waals surface area contributed by atoms with E-state index in [-0.39, 0.29) is 5.91 Å². The van der Waals surface area contributed by atoms with Gasteiger partial charge >= 0.3 is 0 Å². The second kappa shape index (κ2) is 8.24. The quantitative estimate of drug-likeness (QED) is 0.845. The summed E-state index contributed by atoms with van der Waals surface area (Å²) in [6.45, 7) is 4.38. The van der Waals surface area contributed by atoms with Gasteiger partial charge in [0.1, 0.15) is 0 Å². The molecule has 0 saturated carbocycles. The number of methoxy groups -OCH3 is 1.